The molecule has 5 nitrogen and oxygen atoms in total. The summed E-state index contributed by atoms with van der Waals surface area (Å²) >= 11 is 0. The van der Waals surface area contributed by atoms with Gasteiger partial charge in [0.1, 0.15) is 0 Å². The summed E-state index contributed by atoms with van der Waals surface area (Å²) in [5.74, 6) is 0. The second-order valence-electron chi connectivity index (χ2n) is 0.513. The van der Waals surface area contributed by atoms with Gasteiger partial charge < -0.3 is 20.8 Å². The molecule has 0 atom stereocenters. The van der Waals surface area contributed by atoms with E-state index in [9.17, 15) is 0 Å². The molecule has 0 fully saturated rings. The van der Waals surface area contributed by atoms with E-state index in [0.717, 1.165) is 0 Å². The van der Waals surface area contributed by atoms with Gasteiger partial charge in [-0.1, -0.05) is 0 Å². The molecule has 0 bridgehead atoms. The fraction of sp³-hybridized carbons (Fsp3) is 0. The van der Waals surface area contributed by atoms with E-state index in [1.807, 2.05) is 0 Å². The van der Waals surface area contributed by atoms with Crippen molar-refractivity contribution in [2.45, 2.75) is 0 Å². The van der Waals surface area contributed by atoms with Crippen LogP contribution in [0.4, 0.5) is 0 Å². The maximum absolute atomic E-state index is 8.88. The SMILES string of the molecule is N.O=P(O)(O)O.[Cu]. The first-order chi connectivity index (χ1) is 2.00. The summed E-state index contributed by atoms with van der Waals surface area (Å²) in [6, 6.07) is 0. The molecule has 0 unspecified atom stereocenters. The first-order valence-electron chi connectivity index (χ1n) is 0.783. The molecule has 6 N–H and O–H groups in total. The van der Waals surface area contributed by atoms with Gasteiger partial charge in [0, 0.05) is 17.1 Å². The van der Waals surface area contributed by atoms with Gasteiger partial charge >= 0.3 is 7.82 Å². The third-order valence-corrected chi connectivity index (χ3v) is 0. The molecule has 0 aliphatic heterocycles. The molecule has 0 rings (SSSR count). The first kappa shape index (κ1) is 15.6. The quantitative estimate of drug-likeness (QED) is 0.287. The van der Waals surface area contributed by atoms with Gasteiger partial charge in [0.15, 0.2) is 0 Å². The molecule has 0 heterocycles. The summed E-state index contributed by atoms with van der Waals surface area (Å²) in [5.41, 5.74) is 0. The smallest absolute Gasteiger partial charge is 0.344 e. The van der Waals surface area contributed by atoms with E-state index in [1.54, 1.807) is 0 Å². The summed E-state index contributed by atoms with van der Waals surface area (Å²) in [5, 5.41) is 0. The Balaban J connectivity index is -0.0000000800. The van der Waals surface area contributed by atoms with Crippen molar-refractivity contribution in [3.8, 4) is 0 Å². The summed E-state index contributed by atoms with van der Waals surface area (Å²) in [4.78, 5) is 21.6. The van der Waals surface area contributed by atoms with Gasteiger partial charge in [-0.15, -0.1) is 0 Å². The van der Waals surface area contributed by atoms with E-state index < -0.39 is 7.82 Å². The fourth-order valence-corrected chi connectivity index (χ4v) is 0. The number of hydrogen-bond acceptors (Lipinski definition) is 2. The van der Waals surface area contributed by atoms with Gasteiger partial charge in [0.05, 0.1) is 0 Å². The van der Waals surface area contributed by atoms with Crippen molar-refractivity contribution >= 4 is 7.82 Å². The van der Waals surface area contributed by atoms with Crippen molar-refractivity contribution in [2.24, 2.45) is 0 Å². The van der Waals surface area contributed by atoms with E-state index in [-0.39, 0.29) is 23.2 Å². The molecule has 7 heavy (non-hydrogen) atoms. The molecule has 0 aromatic rings. The Bertz CT molecular complexity index is 57.8. The minimum atomic E-state index is -4.64. The molecule has 0 saturated carbocycles. The van der Waals surface area contributed by atoms with Crippen LogP contribution in [0.15, 0.2) is 0 Å². The van der Waals surface area contributed by atoms with Gasteiger partial charge in [-0.05, 0) is 0 Å². The molecule has 7 heteroatoms. The average Bonchev–Trinajstić information content (AvgIpc) is 0.722. The second kappa shape index (κ2) is 4.74. The molecule has 0 aromatic carbocycles. The van der Waals surface area contributed by atoms with Crippen molar-refractivity contribution in [1.29, 1.82) is 0 Å². The largest absolute Gasteiger partial charge is 0.466 e. The molecular formula is H6CuNO4P. The van der Waals surface area contributed by atoms with E-state index in [4.69, 9.17) is 19.2 Å². The van der Waals surface area contributed by atoms with E-state index in [2.05, 4.69) is 0 Å². The van der Waals surface area contributed by atoms with Crippen molar-refractivity contribution in [1.82, 2.24) is 6.15 Å². The molecule has 1 radical (unpaired) electrons. The van der Waals surface area contributed by atoms with Crippen LogP contribution in [0.3, 0.4) is 0 Å². The maximum atomic E-state index is 8.88. The van der Waals surface area contributed by atoms with Crippen LogP contribution < -0.4 is 6.15 Å². The Labute approximate surface area is 51.0 Å². The van der Waals surface area contributed by atoms with E-state index in [0.29, 0.717) is 0 Å². The zero-order chi connectivity index (χ0) is 4.50. The molecule has 0 saturated heterocycles. The molecule has 51 valence electrons. The predicted octanol–water partition coefficient (Wildman–Crippen LogP) is -0.769. The number of phosphoric acid groups is 1. The third kappa shape index (κ3) is 399. The van der Waals surface area contributed by atoms with Crippen LogP contribution in [-0.2, 0) is 21.6 Å². The van der Waals surface area contributed by atoms with Gasteiger partial charge in [-0.25, -0.2) is 4.57 Å². The van der Waals surface area contributed by atoms with Crippen molar-refractivity contribution in [2.75, 3.05) is 0 Å². The predicted molar refractivity (Wildman–Crippen MR) is 19.3 cm³/mol. The van der Waals surface area contributed by atoms with Crippen LogP contribution in [0.25, 0.3) is 0 Å². The van der Waals surface area contributed by atoms with Crippen LogP contribution in [0.1, 0.15) is 0 Å². The van der Waals surface area contributed by atoms with Crippen LogP contribution in [0.2, 0.25) is 0 Å². The molecular weight excluding hydrogens is 173 g/mol. The third-order valence-electron chi connectivity index (χ3n) is 0. The summed E-state index contributed by atoms with van der Waals surface area (Å²) in [6.45, 7) is 0. The molecule has 0 aromatic heterocycles. The number of rotatable bonds is 0. The standard InChI is InChI=1S/Cu.H3N.H3O4P/c;;1-5(2,3)4/h;1H3;(H3,1,2,3,4). The Hall–Kier alpha value is 0.589. The van der Waals surface area contributed by atoms with Gasteiger partial charge in [0.2, 0.25) is 0 Å². The maximum Gasteiger partial charge on any atom is 0.466 e. The monoisotopic (exact) mass is 178 g/mol. The number of hydrogen-bond donors (Lipinski definition) is 4. The van der Waals surface area contributed by atoms with Crippen LogP contribution in [-0.4, -0.2) is 14.7 Å². The summed E-state index contributed by atoms with van der Waals surface area (Å²) < 4.78 is 8.88. The van der Waals surface area contributed by atoms with Crippen molar-refractivity contribution in [3.63, 3.8) is 0 Å². The fourth-order valence-electron chi connectivity index (χ4n) is 0. The minimum absolute atomic E-state index is 0. The van der Waals surface area contributed by atoms with Crippen LogP contribution >= 0.6 is 7.82 Å². The molecule has 0 aliphatic carbocycles. The zero-order valence-corrected chi connectivity index (χ0v) is 5.04. The van der Waals surface area contributed by atoms with Crippen LogP contribution in [0.5, 0.6) is 0 Å². The first-order valence-corrected chi connectivity index (χ1v) is 2.35. The minimum Gasteiger partial charge on any atom is -0.344 e. The Morgan fingerprint density at radius 1 is 1.14 bits per heavy atom. The second-order valence-corrected chi connectivity index (χ2v) is 1.54. The molecule has 0 amide bonds. The zero-order valence-electron chi connectivity index (χ0n) is 3.21. The van der Waals surface area contributed by atoms with Gasteiger partial charge in [-0.3, -0.25) is 0 Å². The van der Waals surface area contributed by atoms with Gasteiger partial charge in [-0.2, -0.15) is 0 Å². The van der Waals surface area contributed by atoms with E-state index >= 15 is 0 Å². The Morgan fingerprint density at radius 2 is 1.14 bits per heavy atom. The molecule has 0 spiro atoms. The Kier molecular flexibility index (Phi) is 10.6. The van der Waals surface area contributed by atoms with Crippen molar-refractivity contribution in [3.05, 3.63) is 0 Å². The summed E-state index contributed by atoms with van der Waals surface area (Å²) in [6.07, 6.45) is 0. The summed E-state index contributed by atoms with van der Waals surface area (Å²) in [7, 11) is -4.64. The normalized spacial score (nSPS) is 8.43. The van der Waals surface area contributed by atoms with Crippen LogP contribution in [0, 0.1) is 0 Å². The average molecular weight is 179 g/mol. The molecule has 0 aliphatic rings. The van der Waals surface area contributed by atoms with E-state index in [1.165, 1.54) is 0 Å². The van der Waals surface area contributed by atoms with Gasteiger partial charge in [0.25, 0.3) is 0 Å². The Morgan fingerprint density at radius 3 is 1.14 bits per heavy atom. The van der Waals surface area contributed by atoms with Crippen molar-refractivity contribution < 1.29 is 36.3 Å². The topological polar surface area (TPSA) is 113 Å².